The largest absolute Gasteiger partial charge is 0.335 e. The second kappa shape index (κ2) is 4.40. The third-order valence-corrected chi connectivity index (χ3v) is 4.18. The number of hydrazine groups is 1. The van der Waals surface area contributed by atoms with Gasteiger partial charge in [0.1, 0.15) is 0 Å². The number of halogens is 1. The van der Waals surface area contributed by atoms with E-state index in [0.717, 1.165) is 19.4 Å². The lowest BCUT2D eigenvalue weighted by molar-refractivity contribution is 0.0703. The van der Waals surface area contributed by atoms with Gasteiger partial charge in [0, 0.05) is 18.8 Å². The number of anilines is 1. The van der Waals surface area contributed by atoms with E-state index in [1.807, 2.05) is 4.90 Å². The Morgan fingerprint density at radius 2 is 2.39 bits per heavy atom. The molecule has 3 N–H and O–H groups in total. The average Bonchev–Trinajstić information content (AvgIpc) is 3.00. The highest BCUT2D eigenvalue weighted by molar-refractivity contribution is 6.33. The summed E-state index contributed by atoms with van der Waals surface area (Å²) in [5.74, 6) is 6.36. The quantitative estimate of drug-likeness (QED) is 0.631. The highest BCUT2D eigenvalue weighted by Crippen LogP contribution is 2.38. The summed E-state index contributed by atoms with van der Waals surface area (Å²) >= 11 is 5.98. The van der Waals surface area contributed by atoms with Gasteiger partial charge in [-0.25, -0.2) is 10.8 Å². The minimum Gasteiger partial charge on any atom is -0.335 e. The molecule has 1 amide bonds. The molecule has 3 rings (SSSR count). The van der Waals surface area contributed by atoms with Gasteiger partial charge in [-0.1, -0.05) is 11.6 Å². The van der Waals surface area contributed by atoms with Gasteiger partial charge >= 0.3 is 0 Å². The van der Waals surface area contributed by atoms with Crippen molar-refractivity contribution in [1.82, 2.24) is 9.88 Å². The minimum atomic E-state index is 0.0279. The smallest absolute Gasteiger partial charge is 0.255 e. The van der Waals surface area contributed by atoms with Crippen molar-refractivity contribution in [3.8, 4) is 0 Å². The van der Waals surface area contributed by atoms with Gasteiger partial charge in [-0.05, 0) is 31.2 Å². The molecule has 2 atom stereocenters. The van der Waals surface area contributed by atoms with Crippen LogP contribution in [0.5, 0.6) is 0 Å². The molecule has 2 aliphatic rings. The maximum Gasteiger partial charge on any atom is 0.255 e. The highest BCUT2D eigenvalue weighted by Gasteiger charge is 2.40. The van der Waals surface area contributed by atoms with E-state index in [1.165, 1.54) is 12.6 Å². The second-order valence-electron chi connectivity index (χ2n) is 4.99. The lowest BCUT2D eigenvalue weighted by Crippen LogP contribution is -2.37. The number of carbonyl (C=O) groups excluding carboxylic acids is 1. The molecule has 0 aromatic carbocycles. The fourth-order valence-corrected chi connectivity index (χ4v) is 3.22. The molecule has 5 nitrogen and oxygen atoms in total. The van der Waals surface area contributed by atoms with E-state index in [2.05, 4.69) is 10.4 Å². The fourth-order valence-electron chi connectivity index (χ4n) is 3.00. The lowest BCUT2D eigenvalue weighted by Gasteiger charge is -2.27. The van der Waals surface area contributed by atoms with Gasteiger partial charge < -0.3 is 10.3 Å². The zero-order valence-electron chi connectivity index (χ0n) is 9.90. The average molecular weight is 267 g/mol. The molecule has 2 bridgehead atoms. The van der Waals surface area contributed by atoms with Crippen LogP contribution in [0.25, 0.3) is 0 Å². The number of pyridine rings is 1. The molecule has 1 aromatic rings. The molecule has 2 fully saturated rings. The second-order valence-corrected chi connectivity index (χ2v) is 5.40. The van der Waals surface area contributed by atoms with Crippen LogP contribution in [0.15, 0.2) is 12.3 Å². The van der Waals surface area contributed by atoms with E-state index in [9.17, 15) is 4.79 Å². The summed E-state index contributed by atoms with van der Waals surface area (Å²) < 4.78 is 0. The van der Waals surface area contributed by atoms with E-state index >= 15 is 0 Å². The molecule has 0 spiro atoms. The molecule has 18 heavy (non-hydrogen) atoms. The first kappa shape index (κ1) is 11.7. The molecule has 0 radical (unpaired) electrons. The van der Waals surface area contributed by atoms with Gasteiger partial charge in [-0.3, -0.25) is 4.79 Å². The van der Waals surface area contributed by atoms with Gasteiger partial charge in [0.25, 0.3) is 5.91 Å². The van der Waals surface area contributed by atoms with Crippen LogP contribution in [-0.4, -0.2) is 28.4 Å². The van der Waals surface area contributed by atoms with Crippen molar-refractivity contribution in [2.75, 3.05) is 12.0 Å². The minimum absolute atomic E-state index is 0.0279. The van der Waals surface area contributed by atoms with Gasteiger partial charge in [0.2, 0.25) is 0 Å². The molecule has 1 saturated carbocycles. The van der Waals surface area contributed by atoms with E-state index < -0.39 is 0 Å². The van der Waals surface area contributed by atoms with Gasteiger partial charge in [0.15, 0.2) is 5.82 Å². The molecule has 2 unspecified atom stereocenters. The Bertz CT molecular complexity index is 493. The van der Waals surface area contributed by atoms with Crippen molar-refractivity contribution in [2.45, 2.75) is 25.3 Å². The fraction of sp³-hybridized carbons (Fsp3) is 0.500. The first-order valence-electron chi connectivity index (χ1n) is 6.12. The molecule has 2 heterocycles. The molecular weight excluding hydrogens is 252 g/mol. The van der Waals surface area contributed by atoms with Gasteiger partial charge in [0.05, 0.1) is 10.6 Å². The molecule has 6 heteroatoms. The molecule has 96 valence electrons. The molecule has 1 aliphatic carbocycles. The number of carbonyl (C=O) groups is 1. The Balaban J connectivity index is 1.82. The summed E-state index contributed by atoms with van der Waals surface area (Å²) in [5.41, 5.74) is 2.92. The summed E-state index contributed by atoms with van der Waals surface area (Å²) in [7, 11) is 0. The summed E-state index contributed by atoms with van der Waals surface area (Å²) in [6, 6.07) is 2.03. The van der Waals surface area contributed by atoms with Crippen molar-refractivity contribution >= 4 is 23.3 Å². The van der Waals surface area contributed by atoms with Crippen LogP contribution in [0, 0.1) is 5.92 Å². The number of nitrogens with one attached hydrogen (secondary N) is 1. The van der Waals surface area contributed by atoms with E-state index in [4.69, 9.17) is 17.4 Å². The number of likely N-dealkylation sites (tertiary alicyclic amines) is 1. The van der Waals surface area contributed by atoms with Gasteiger partial charge in [-0.15, -0.1) is 0 Å². The summed E-state index contributed by atoms with van der Waals surface area (Å²) in [6.45, 7) is 0.873. The van der Waals surface area contributed by atoms with Crippen molar-refractivity contribution in [3.05, 3.63) is 22.8 Å². The summed E-state index contributed by atoms with van der Waals surface area (Å²) in [6.07, 6.45) is 5.05. The van der Waals surface area contributed by atoms with Crippen molar-refractivity contribution in [2.24, 2.45) is 11.8 Å². The topological polar surface area (TPSA) is 71.2 Å². The SMILES string of the molecule is NNc1ncc(C(=O)N2CC3CCC2C3)cc1Cl. The molecule has 1 aromatic heterocycles. The predicted molar refractivity (Wildman–Crippen MR) is 69.2 cm³/mol. The molecule has 1 aliphatic heterocycles. The predicted octanol–water partition coefficient (Wildman–Crippen LogP) is 1.65. The van der Waals surface area contributed by atoms with E-state index in [-0.39, 0.29) is 5.91 Å². The monoisotopic (exact) mass is 266 g/mol. The number of nitrogens with two attached hydrogens (primary N) is 1. The number of hydrogen-bond donors (Lipinski definition) is 2. The number of nitrogens with zero attached hydrogens (tertiary/aromatic N) is 2. The Morgan fingerprint density at radius 3 is 2.94 bits per heavy atom. The summed E-state index contributed by atoms with van der Waals surface area (Å²) in [4.78, 5) is 18.4. The lowest BCUT2D eigenvalue weighted by atomic mass is 10.1. The first-order valence-corrected chi connectivity index (χ1v) is 6.50. The van der Waals surface area contributed by atoms with Crippen molar-refractivity contribution in [3.63, 3.8) is 0 Å². The normalized spacial score (nSPS) is 25.6. The van der Waals surface area contributed by atoms with Crippen LogP contribution in [0.2, 0.25) is 5.02 Å². The number of fused-ring (bicyclic) bond motifs is 2. The number of aromatic nitrogens is 1. The summed E-state index contributed by atoms with van der Waals surface area (Å²) in [5, 5.41) is 0.368. The van der Waals surface area contributed by atoms with Crippen LogP contribution in [0.3, 0.4) is 0 Å². The van der Waals surface area contributed by atoms with Crippen LogP contribution in [-0.2, 0) is 0 Å². The van der Waals surface area contributed by atoms with Gasteiger partial charge in [-0.2, -0.15) is 0 Å². The molecular formula is C12H15ClN4O. The Labute approximate surface area is 110 Å². The highest BCUT2D eigenvalue weighted by atomic mass is 35.5. The maximum absolute atomic E-state index is 12.4. The number of amides is 1. The van der Waals surface area contributed by atoms with Crippen LogP contribution < -0.4 is 11.3 Å². The number of piperidine rings is 1. The third kappa shape index (κ3) is 1.83. The van der Waals surface area contributed by atoms with Crippen LogP contribution in [0.1, 0.15) is 29.6 Å². The Morgan fingerprint density at radius 1 is 1.56 bits per heavy atom. The van der Waals surface area contributed by atoms with Crippen LogP contribution in [0.4, 0.5) is 5.82 Å². The standard InChI is InChI=1S/C12H15ClN4O/c13-10-4-8(5-15-11(10)16-14)12(18)17-6-7-1-2-9(17)3-7/h4-5,7,9H,1-3,6,14H2,(H,15,16). The van der Waals surface area contributed by atoms with E-state index in [1.54, 1.807) is 6.07 Å². The number of rotatable bonds is 2. The van der Waals surface area contributed by atoms with E-state index in [0.29, 0.717) is 28.4 Å². The maximum atomic E-state index is 12.4. The third-order valence-electron chi connectivity index (χ3n) is 3.89. The zero-order chi connectivity index (χ0) is 12.7. The number of hydrogen-bond acceptors (Lipinski definition) is 4. The Hall–Kier alpha value is -1.33. The zero-order valence-corrected chi connectivity index (χ0v) is 10.7. The Kier molecular flexibility index (Phi) is 2.87. The molecule has 1 saturated heterocycles. The van der Waals surface area contributed by atoms with Crippen LogP contribution >= 0.6 is 11.6 Å². The van der Waals surface area contributed by atoms with Crippen molar-refractivity contribution < 1.29 is 4.79 Å². The number of nitrogen functional groups attached to an aromatic ring is 1. The van der Waals surface area contributed by atoms with Crippen molar-refractivity contribution in [1.29, 1.82) is 0 Å². The first-order chi connectivity index (χ1) is 8.69.